The predicted octanol–water partition coefficient (Wildman–Crippen LogP) is 6.68. The molecular weight excluding hydrogens is 366 g/mol. The Labute approximate surface area is 134 Å². The molecule has 0 saturated carbocycles. The second-order valence-corrected chi connectivity index (χ2v) is 7.06. The van der Waals surface area contributed by atoms with Gasteiger partial charge in [-0.15, -0.1) is 0 Å². The van der Waals surface area contributed by atoms with Crippen LogP contribution in [0.25, 0.3) is 0 Å². The SMILES string of the molecule is CCCCCCCC(C)Nc1c(Br)cc(C)cc1Br. The van der Waals surface area contributed by atoms with Crippen LogP contribution >= 0.6 is 31.9 Å². The largest absolute Gasteiger partial charge is 0.381 e. The van der Waals surface area contributed by atoms with Crippen molar-refractivity contribution in [2.45, 2.75) is 65.3 Å². The average molecular weight is 391 g/mol. The van der Waals surface area contributed by atoms with E-state index in [1.165, 1.54) is 49.8 Å². The van der Waals surface area contributed by atoms with Crippen LogP contribution in [-0.4, -0.2) is 6.04 Å². The summed E-state index contributed by atoms with van der Waals surface area (Å²) in [6.07, 6.45) is 7.97. The van der Waals surface area contributed by atoms with Crippen molar-refractivity contribution in [2.24, 2.45) is 0 Å². The van der Waals surface area contributed by atoms with Gasteiger partial charge in [0.05, 0.1) is 5.69 Å². The fourth-order valence-electron chi connectivity index (χ4n) is 2.21. The van der Waals surface area contributed by atoms with Gasteiger partial charge < -0.3 is 5.32 Å². The molecule has 19 heavy (non-hydrogen) atoms. The summed E-state index contributed by atoms with van der Waals surface area (Å²) in [4.78, 5) is 0. The molecule has 0 bridgehead atoms. The molecule has 0 aromatic heterocycles. The van der Waals surface area contributed by atoms with E-state index in [1.54, 1.807) is 0 Å². The summed E-state index contributed by atoms with van der Waals surface area (Å²) in [7, 11) is 0. The molecule has 0 fully saturated rings. The van der Waals surface area contributed by atoms with Crippen molar-refractivity contribution >= 4 is 37.5 Å². The molecule has 0 aliphatic carbocycles. The molecule has 0 heterocycles. The van der Waals surface area contributed by atoms with Crippen molar-refractivity contribution in [1.29, 1.82) is 0 Å². The molecule has 1 nitrogen and oxygen atoms in total. The van der Waals surface area contributed by atoms with Gasteiger partial charge in [-0.25, -0.2) is 0 Å². The quantitative estimate of drug-likeness (QED) is 0.488. The second-order valence-electron chi connectivity index (χ2n) is 5.35. The second kappa shape index (κ2) is 9.02. The molecule has 1 N–H and O–H groups in total. The zero-order valence-corrected chi connectivity index (χ0v) is 15.4. The Morgan fingerprint density at radius 3 is 2.21 bits per heavy atom. The Balaban J connectivity index is 2.42. The van der Waals surface area contributed by atoms with Gasteiger partial charge >= 0.3 is 0 Å². The van der Waals surface area contributed by atoms with E-state index in [1.807, 2.05) is 0 Å². The van der Waals surface area contributed by atoms with Crippen LogP contribution in [0.1, 0.15) is 57.9 Å². The third-order valence-electron chi connectivity index (χ3n) is 3.32. The summed E-state index contributed by atoms with van der Waals surface area (Å²) in [5, 5.41) is 3.60. The number of hydrogen-bond donors (Lipinski definition) is 1. The highest BCUT2D eigenvalue weighted by Crippen LogP contribution is 2.33. The maximum Gasteiger partial charge on any atom is 0.0631 e. The summed E-state index contributed by atoms with van der Waals surface area (Å²) < 4.78 is 2.27. The number of rotatable bonds is 8. The molecule has 3 heteroatoms. The maximum absolute atomic E-state index is 3.64. The molecule has 0 saturated heterocycles. The van der Waals surface area contributed by atoms with Crippen molar-refractivity contribution in [3.63, 3.8) is 0 Å². The first-order valence-corrected chi connectivity index (χ1v) is 8.85. The lowest BCUT2D eigenvalue weighted by molar-refractivity contribution is 0.578. The lowest BCUT2D eigenvalue weighted by Crippen LogP contribution is -2.15. The lowest BCUT2D eigenvalue weighted by atomic mass is 10.1. The fourth-order valence-corrected chi connectivity index (χ4v) is 3.85. The van der Waals surface area contributed by atoms with E-state index in [2.05, 4.69) is 70.1 Å². The number of unbranched alkanes of at least 4 members (excludes halogenated alkanes) is 4. The monoisotopic (exact) mass is 389 g/mol. The van der Waals surface area contributed by atoms with E-state index in [9.17, 15) is 0 Å². The maximum atomic E-state index is 3.64. The molecule has 1 atom stereocenters. The zero-order chi connectivity index (χ0) is 14.3. The first kappa shape index (κ1) is 17.0. The summed E-state index contributed by atoms with van der Waals surface area (Å²) in [5.41, 5.74) is 2.43. The molecule has 0 radical (unpaired) electrons. The van der Waals surface area contributed by atoms with E-state index < -0.39 is 0 Å². The van der Waals surface area contributed by atoms with Gasteiger partial charge in [0.2, 0.25) is 0 Å². The molecule has 0 amide bonds. The molecular formula is C16H25Br2N. The molecule has 0 aliphatic rings. The van der Waals surface area contributed by atoms with Crippen LogP contribution in [0.3, 0.4) is 0 Å². The highest BCUT2D eigenvalue weighted by Gasteiger charge is 2.09. The van der Waals surface area contributed by atoms with Crippen molar-refractivity contribution in [2.75, 3.05) is 5.32 Å². The Morgan fingerprint density at radius 1 is 1.05 bits per heavy atom. The van der Waals surface area contributed by atoms with Gasteiger partial charge in [-0.1, -0.05) is 39.0 Å². The van der Waals surface area contributed by atoms with Crippen LogP contribution in [-0.2, 0) is 0 Å². The standard InChI is InChI=1S/C16H25Br2N/c1-4-5-6-7-8-9-13(3)19-16-14(17)10-12(2)11-15(16)18/h10-11,13,19H,4-9H2,1-3H3. The average Bonchev–Trinajstić information content (AvgIpc) is 2.33. The summed E-state index contributed by atoms with van der Waals surface area (Å²) >= 11 is 7.27. The number of hydrogen-bond acceptors (Lipinski definition) is 1. The minimum Gasteiger partial charge on any atom is -0.381 e. The molecule has 0 aliphatic heterocycles. The van der Waals surface area contributed by atoms with Gasteiger partial charge in [0, 0.05) is 15.0 Å². The van der Waals surface area contributed by atoms with E-state index in [4.69, 9.17) is 0 Å². The summed E-state index contributed by atoms with van der Waals surface area (Å²) in [5.74, 6) is 0. The Morgan fingerprint density at radius 2 is 1.63 bits per heavy atom. The normalized spacial score (nSPS) is 12.5. The lowest BCUT2D eigenvalue weighted by Gasteiger charge is -2.18. The first-order chi connectivity index (χ1) is 9.04. The van der Waals surface area contributed by atoms with Crippen molar-refractivity contribution in [3.05, 3.63) is 26.6 Å². The Bertz CT molecular complexity index is 367. The number of benzene rings is 1. The zero-order valence-electron chi connectivity index (χ0n) is 12.2. The molecule has 1 rings (SSSR count). The molecule has 108 valence electrons. The predicted molar refractivity (Wildman–Crippen MR) is 93.0 cm³/mol. The Hall–Kier alpha value is -0.0200. The number of anilines is 1. The molecule has 1 aromatic rings. The van der Waals surface area contributed by atoms with Crippen molar-refractivity contribution in [1.82, 2.24) is 0 Å². The van der Waals surface area contributed by atoms with E-state index in [0.717, 1.165) is 8.95 Å². The van der Waals surface area contributed by atoms with Crippen LogP contribution in [0.15, 0.2) is 21.1 Å². The van der Waals surface area contributed by atoms with E-state index in [-0.39, 0.29) is 0 Å². The van der Waals surface area contributed by atoms with Gasteiger partial charge in [-0.05, 0) is 69.8 Å². The van der Waals surface area contributed by atoms with Gasteiger partial charge in [0.1, 0.15) is 0 Å². The van der Waals surface area contributed by atoms with Crippen molar-refractivity contribution < 1.29 is 0 Å². The highest BCUT2D eigenvalue weighted by molar-refractivity contribution is 9.11. The van der Waals surface area contributed by atoms with Gasteiger partial charge in [-0.3, -0.25) is 0 Å². The van der Waals surface area contributed by atoms with Crippen LogP contribution in [0.4, 0.5) is 5.69 Å². The van der Waals surface area contributed by atoms with Crippen LogP contribution in [0.2, 0.25) is 0 Å². The Kier molecular flexibility index (Phi) is 8.08. The minimum absolute atomic E-state index is 0.511. The summed E-state index contributed by atoms with van der Waals surface area (Å²) in [6.45, 7) is 6.63. The first-order valence-electron chi connectivity index (χ1n) is 7.26. The van der Waals surface area contributed by atoms with E-state index >= 15 is 0 Å². The van der Waals surface area contributed by atoms with Crippen LogP contribution < -0.4 is 5.32 Å². The number of nitrogens with one attached hydrogen (secondary N) is 1. The fraction of sp³-hybridized carbons (Fsp3) is 0.625. The minimum atomic E-state index is 0.511. The smallest absolute Gasteiger partial charge is 0.0631 e. The van der Waals surface area contributed by atoms with Gasteiger partial charge in [0.25, 0.3) is 0 Å². The molecule has 1 unspecified atom stereocenters. The summed E-state index contributed by atoms with van der Waals surface area (Å²) in [6, 6.07) is 4.82. The van der Waals surface area contributed by atoms with Crippen LogP contribution in [0, 0.1) is 6.92 Å². The third-order valence-corrected chi connectivity index (χ3v) is 4.57. The topological polar surface area (TPSA) is 12.0 Å². The third kappa shape index (κ3) is 6.31. The van der Waals surface area contributed by atoms with Crippen molar-refractivity contribution in [3.8, 4) is 0 Å². The van der Waals surface area contributed by atoms with Gasteiger partial charge in [-0.2, -0.15) is 0 Å². The highest BCUT2D eigenvalue weighted by atomic mass is 79.9. The van der Waals surface area contributed by atoms with Crippen LogP contribution in [0.5, 0.6) is 0 Å². The molecule has 0 spiro atoms. The van der Waals surface area contributed by atoms with Gasteiger partial charge in [0.15, 0.2) is 0 Å². The molecule has 1 aromatic carbocycles. The van der Waals surface area contributed by atoms with E-state index in [0.29, 0.717) is 6.04 Å². The number of aryl methyl sites for hydroxylation is 1. The number of halogens is 2.